The van der Waals surface area contributed by atoms with Gasteiger partial charge in [-0.15, -0.1) is 0 Å². The van der Waals surface area contributed by atoms with Gasteiger partial charge in [0, 0.05) is 27.5 Å². The van der Waals surface area contributed by atoms with Crippen LogP contribution in [-0.4, -0.2) is 18.3 Å². The number of H-pyrrole nitrogens is 1. The number of nitrogens with one attached hydrogen (secondary N) is 1. The number of pyridine rings is 1. The number of rotatable bonds is 3. The van der Waals surface area contributed by atoms with Gasteiger partial charge in [-0.05, 0) is 54.5 Å². The number of hydrogen-bond donors (Lipinski definition) is 1. The Morgan fingerprint density at radius 3 is 2.46 bits per heavy atom. The van der Waals surface area contributed by atoms with E-state index in [0.29, 0.717) is 5.15 Å². The summed E-state index contributed by atoms with van der Waals surface area (Å²) in [7, 11) is -1.87. The SMILES string of the molecule is CC(C)(C)[Si](C)(C)Oc1ccc2[nH]c(-c3cc4ccccc4nc3Cl)cc2c1. The van der Waals surface area contributed by atoms with Crippen LogP contribution in [0.15, 0.2) is 54.6 Å². The van der Waals surface area contributed by atoms with Gasteiger partial charge in [0.15, 0.2) is 0 Å². The zero-order valence-corrected chi connectivity index (χ0v) is 18.7. The average molecular weight is 409 g/mol. The molecule has 0 aliphatic carbocycles. The summed E-state index contributed by atoms with van der Waals surface area (Å²) < 4.78 is 6.46. The van der Waals surface area contributed by atoms with E-state index in [9.17, 15) is 0 Å². The number of aromatic amines is 1. The minimum atomic E-state index is -1.87. The highest BCUT2D eigenvalue weighted by Crippen LogP contribution is 2.38. The maximum atomic E-state index is 6.48. The summed E-state index contributed by atoms with van der Waals surface area (Å²) in [5, 5.41) is 2.84. The number of para-hydroxylation sites is 1. The monoisotopic (exact) mass is 408 g/mol. The van der Waals surface area contributed by atoms with E-state index in [1.807, 2.05) is 24.3 Å². The van der Waals surface area contributed by atoms with Crippen LogP contribution >= 0.6 is 11.6 Å². The topological polar surface area (TPSA) is 37.9 Å². The maximum Gasteiger partial charge on any atom is 0.250 e. The van der Waals surface area contributed by atoms with Crippen molar-refractivity contribution in [1.29, 1.82) is 0 Å². The molecule has 2 aromatic heterocycles. The molecule has 2 heterocycles. The van der Waals surface area contributed by atoms with E-state index in [0.717, 1.165) is 38.8 Å². The molecule has 1 N–H and O–H groups in total. The molecule has 3 nitrogen and oxygen atoms in total. The number of hydrogen-bond acceptors (Lipinski definition) is 2. The van der Waals surface area contributed by atoms with Gasteiger partial charge in [0.1, 0.15) is 10.9 Å². The van der Waals surface area contributed by atoms with Gasteiger partial charge in [-0.2, -0.15) is 0 Å². The van der Waals surface area contributed by atoms with E-state index in [2.05, 4.69) is 74.2 Å². The van der Waals surface area contributed by atoms with Crippen molar-refractivity contribution >= 4 is 41.7 Å². The van der Waals surface area contributed by atoms with Crippen LogP contribution in [0.25, 0.3) is 33.1 Å². The fourth-order valence-corrected chi connectivity index (χ4v) is 4.32. The van der Waals surface area contributed by atoms with Crippen LogP contribution in [0.3, 0.4) is 0 Å². The minimum absolute atomic E-state index is 0.162. The highest BCUT2D eigenvalue weighted by Gasteiger charge is 2.39. The summed E-state index contributed by atoms with van der Waals surface area (Å²) in [6.07, 6.45) is 0. The molecule has 0 saturated carbocycles. The van der Waals surface area contributed by atoms with Crippen LogP contribution in [-0.2, 0) is 0 Å². The lowest BCUT2D eigenvalue weighted by Gasteiger charge is -2.36. The Labute approximate surface area is 171 Å². The van der Waals surface area contributed by atoms with Gasteiger partial charge in [-0.3, -0.25) is 0 Å². The molecule has 5 heteroatoms. The Bertz CT molecular complexity index is 1170. The Balaban J connectivity index is 1.74. The van der Waals surface area contributed by atoms with Crippen LogP contribution in [0.5, 0.6) is 5.75 Å². The van der Waals surface area contributed by atoms with Crippen molar-refractivity contribution in [3.63, 3.8) is 0 Å². The molecule has 0 saturated heterocycles. The predicted octanol–water partition coefficient (Wildman–Crippen LogP) is 7.42. The van der Waals surface area contributed by atoms with Crippen molar-refractivity contribution in [1.82, 2.24) is 9.97 Å². The number of halogens is 1. The molecule has 28 heavy (non-hydrogen) atoms. The van der Waals surface area contributed by atoms with Crippen molar-refractivity contribution < 1.29 is 4.43 Å². The number of aromatic nitrogens is 2. The zero-order valence-electron chi connectivity index (χ0n) is 16.9. The molecule has 0 aliphatic rings. The van der Waals surface area contributed by atoms with Crippen LogP contribution < -0.4 is 4.43 Å². The zero-order chi connectivity index (χ0) is 20.1. The smallest absolute Gasteiger partial charge is 0.250 e. The Morgan fingerprint density at radius 1 is 0.964 bits per heavy atom. The van der Waals surface area contributed by atoms with Crippen molar-refractivity contribution in [3.05, 3.63) is 59.8 Å². The van der Waals surface area contributed by atoms with E-state index >= 15 is 0 Å². The fraction of sp³-hybridized carbons (Fsp3) is 0.261. The van der Waals surface area contributed by atoms with Crippen molar-refractivity contribution in [2.45, 2.75) is 38.9 Å². The highest BCUT2D eigenvalue weighted by molar-refractivity contribution is 6.74. The lowest BCUT2D eigenvalue weighted by Crippen LogP contribution is -2.43. The summed E-state index contributed by atoms with van der Waals surface area (Å²) in [6.45, 7) is 11.3. The van der Waals surface area contributed by atoms with E-state index in [-0.39, 0.29) is 5.04 Å². The number of nitrogens with zero attached hydrogens (tertiary/aromatic N) is 1. The van der Waals surface area contributed by atoms with Crippen molar-refractivity contribution in [2.75, 3.05) is 0 Å². The number of benzene rings is 2. The molecule has 0 fully saturated rings. The van der Waals surface area contributed by atoms with Gasteiger partial charge in [0.05, 0.1) is 5.52 Å². The molecule has 0 radical (unpaired) electrons. The molecule has 0 amide bonds. The molecule has 0 unspecified atom stereocenters. The Hall–Kier alpha value is -2.30. The number of fused-ring (bicyclic) bond motifs is 2. The first-order chi connectivity index (χ1) is 13.1. The molecule has 0 bridgehead atoms. The van der Waals surface area contributed by atoms with Gasteiger partial charge >= 0.3 is 0 Å². The molecular formula is C23H25ClN2OSi. The van der Waals surface area contributed by atoms with E-state index in [1.165, 1.54) is 0 Å². The summed E-state index contributed by atoms with van der Waals surface area (Å²) in [5.74, 6) is 0.923. The van der Waals surface area contributed by atoms with Crippen LogP contribution in [0, 0.1) is 0 Å². The van der Waals surface area contributed by atoms with E-state index < -0.39 is 8.32 Å². The van der Waals surface area contributed by atoms with Crippen LogP contribution in [0.4, 0.5) is 0 Å². The van der Waals surface area contributed by atoms with E-state index in [1.54, 1.807) is 0 Å². The van der Waals surface area contributed by atoms with Gasteiger partial charge in [-0.1, -0.05) is 50.6 Å². The van der Waals surface area contributed by atoms with E-state index in [4.69, 9.17) is 16.0 Å². The third-order valence-corrected chi connectivity index (χ3v) is 10.4. The maximum absolute atomic E-state index is 6.48. The Morgan fingerprint density at radius 2 is 1.71 bits per heavy atom. The van der Waals surface area contributed by atoms with Gasteiger partial charge < -0.3 is 9.41 Å². The van der Waals surface area contributed by atoms with Crippen LogP contribution in [0.2, 0.25) is 23.3 Å². The summed E-state index contributed by atoms with van der Waals surface area (Å²) in [6, 6.07) is 18.4. The molecule has 0 atom stereocenters. The van der Waals surface area contributed by atoms with Gasteiger partial charge in [0.25, 0.3) is 0 Å². The second kappa shape index (κ2) is 6.64. The second-order valence-corrected chi connectivity index (χ2v) is 13.9. The first kappa shape index (κ1) is 19.0. The summed E-state index contributed by atoms with van der Waals surface area (Å²) >= 11 is 6.48. The second-order valence-electron chi connectivity index (χ2n) is 8.81. The average Bonchev–Trinajstić information content (AvgIpc) is 3.02. The molecule has 0 aliphatic heterocycles. The molecule has 144 valence electrons. The molecule has 4 aromatic rings. The van der Waals surface area contributed by atoms with Crippen LogP contribution in [0.1, 0.15) is 20.8 Å². The van der Waals surface area contributed by atoms with Crippen molar-refractivity contribution in [2.24, 2.45) is 0 Å². The lowest BCUT2D eigenvalue weighted by molar-refractivity contribution is 0.493. The lowest BCUT2D eigenvalue weighted by atomic mass is 10.1. The largest absolute Gasteiger partial charge is 0.543 e. The van der Waals surface area contributed by atoms with Gasteiger partial charge in [0.2, 0.25) is 8.32 Å². The Kier molecular flexibility index (Phi) is 4.51. The fourth-order valence-electron chi connectivity index (χ4n) is 3.05. The molecule has 4 rings (SSSR count). The first-order valence-electron chi connectivity index (χ1n) is 9.51. The molecule has 2 aromatic carbocycles. The first-order valence-corrected chi connectivity index (χ1v) is 12.8. The normalized spacial score (nSPS) is 12.6. The van der Waals surface area contributed by atoms with Gasteiger partial charge in [-0.25, -0.2) is 4.98 Å². The molecular weight excluding hydrogens is 384 g/mol. The quantitative estimate of drug-likeness (QED) is 0.283. The summed E-state index contributed by atoms with van der Waals surface area (Å²) in [5.41, 5.74) is 3.82. The predicted molar refractivity (Wildman–Crippen MR) is 122 cm³/mol. The third kappa shape index (κ3) is 3.43. The van der Waals surface area contributed by atoms with Crippen molar-refractivity contribution in [3.8, 4) is 17.0 Å². The highest BCUT2D eigenvalue weighted by atomic mass is 35.5. The summed E-state index contributed by atoms with van der Waals surface area (Å²) in [4.78, 5) is 8.01. The minimum Gasteiger partial charge on any atom is -0.543 e. The molecule has 0 spiro atoms. The third-order valence-electron chi connectivity index (χ3n) is 5.74. The standard InChI is InChI=1S/C23H25ClN2OSi/c1-23(2,3)28(4,5)27-17-10-11-20-16(12-17)14-21(25-20)18-13-15-8-6-7-9-19(15)26-22(18)24/h6-14,25H,1-5H3.